The van der Waals surface area contributed by atoms with Crippen LogP contribution in [0, 0.1) is 35.0 Å². The van der Waals surface area contributed by atoms with Gasteiger partial charge in [-0.1, -0.05) is 31.9 Å². The van der Waals surface area contributed by atoms with Crippen molar-refractivity contribution < 1.29 is 5.11 Å². The van der Waals surface area contributed by atoms with E-state index in [9.17, 15) is 5.11 Å². The second-order valence-electron chi connectivity index (χ2n) is 8.69. The first-order valence-corrected chi connectivity index (χ1v) is 9.52. The van der Waals surface area contributed by atoms with Gasteiger partial charge in [0.05, 0.1) is 6.10 Å². The second-order valence-corrected chi connectivity index (χ2v) is 8.69. The standard InChI is InChI=1S/C20H32O/c1-3-14-5-9-19-18-7-4-13-12-15(21)6-8-16(13)17(18)10-11-20(14,19)2/h12,14-19,21H,3-11H2,1-2H3/t14-,15?,16?,17?,18?,19?,20+/m0/s1. The first-order valence-electron chi connectivity index (χ1n) is 9.52. The van der Waals surface area contributed by atoms with Crippen LogP contribution >= 0.6 is 0 Å². The van der Waals surface area contributed by atoms with Crippen LogP contribution < -0.4 is 0 Å². The molecular formula is C20H32O. The minimum atomic E-state index is -0.141. The van der Waals surface area contributed by atoms with Crippen molar-refractivity contribution in [3.05, 3.63) is 11.6 Å². The molecule has 0 bridgehead atoms. The van der Waals surface area contributed by atoms with E-state index in [0.29, 0.717) is 5.41 Å². The van der Waals surface area contributed by atoms with Crippen molar-refractivity contribution in [2.24, 2.45) is 35.0 Å². The Bertz CT molecular complexity index is 439. The summed E-state index contributed by atoms with van der Waals surface area (Å²) in [6.07, 6.45) is 14.4. The van der Waals surface area contributed by atoms with Gasteiger partial charge in [-0.25, -0.2) is 0 Å². The molecule has 1 N–H and O–H groups in total. The third kappa shape index (κ3) is 2.06. The zero-order valence-electron chi connectivity index (χ0n) is 13.9. The van der Waals surface area contributed by atoms with Gasteiger partial charge in [-0.05, 0) is 86.4 Å². The Morgan fingerprint density at radius 1 is 1.10 bits per heavy atom. The fraction of sp³-hybridized carbons (Fsp3) is 0.900. The van der Waals surface area contributed by atoms with Crippen molar-refractivity contribution in [2.75, 3.05) is 0 Å². The van der Waals surface area contributed by atoms with Crippen LogP contribution in [-0.2, 0) is 0 Å². The van der Waals surface area contributed by atoms with E-state index in [2.05, 4.69) is 19.9 Å². The first kappa shape index (κ1) is 14.3. The summed E-state index contributed by atoms with van der Waals surface area (Å²) in [6, 6.07) is 0. The van der Waals surface area contributed by atoms with Crippen LogP contribution in [0.3, 0.4) is 0 Å². The molecule has 21 heavy (non-hydrogen) atoms. The molecule has 5 unspecified atom stereocenters. The lowest BCUT2D eigenvalue weighted by atomic mass is 9.51. The monoisotopic (exact) mass is 288 g/mol. The maximum absolute atomic E-state index is 9.93. The van der Waals surface area contributed by atoms with E-state index in [1.165, 1.54) is 51.4 Å². The predicted molar refractivity (Wildman–Crippen MR) is 86.9 cm³/mol. The smallest absolute Gasteiger partial charge is 0.0723 e. The fourth-order valence-corrected chi connectivity index (χ4v) is 7.09. The van der Waals surface area contributed by atoms with Crippen LogP contribution in [0.15, 0.2) is 11.6 Å². The van der Waals surface area contributed by atoms with Gasteiger partial charge in [0, 0.05) is 0 Å². The van der Waals surface area contributed by atoms with Gasteiger partial charge in [-0.2, -0.15) is 0 Å². The summed E-state index contributed by atoms with van der Waals surface area (Å²) in [5.41, 5.74) is 2.29. The van der Waals surface area contributed by atoms with Gasteiger partial charge in [0.1, 0.15) is 0 Å². The number of hydrogen-bond donors (Lipinski definition) is 1. The molecule has 1 heteroatoms. The van der Waals surface area contributed by atoms with Crippen molar-refractivity contribution in [1.29, 1.82) is 0 Å². The Morgan fingerprint density at radius 2 is 1.95 bits per heavy atom. The molecule has 0 spiro atoms. The van der Waals surface area contributed by atoms with E-state index in [1.807, 2.05) is 0 Å². The van der Waals surface area contributed by atoms with E-state index in [4.69, 9.17) is 0 Å². The van der Waals surface area contributed by atoms with E-state index in [-0.39, 0.29) is 6.10 Å². The van der Waals surface area contributed by atoms with E-state index >= 15 is 0 Å². The van der Waals surface area contributed by atoms with Crippen molar-refractivity contribution >= 4 is 0 Å². The number of aliphatic hydroxyl groups is 1. The van der Waals surface area contributed by atoms with E-state index in [0.717, 1.165) is 36.0 Å². The zero-order chi connectivity index (χ0) is 14.6. The molecule has 1 nitrogen and oxygen atoms in total. The molecule has 0 aromatic heterocycles. The number of fused-ring (bicyclic) bond motifs is 5. The van der Waals surface area contributed by atoms with Crippen molar-refractivity contribution in [1.82, 2.24) is 0 Å². The topological polar surface area (TPSA) is 20.2 Å². The number of rotatable bonds is 1. The molecule has 0 saturated heterocycles. The normalized spacial score (nSPS) is 52.6. The summed E-state index contributed by atoms with van der Waals surface area (Å²) in [6.45, 7) is 5.04. The third-order valence-corrected chi connectivity index (χ3v) is 8.12. The molecule has 4 rings (SSSR count). The lowest BCUT2D eigenvalue weighted by molar-refractivity contribution is -0.0250. The maximum atomic E-state index is 9.93. The SMILES string of the molecule is CC[C@H]1CCC2C3CCC4=CC(O)CCC4C3CC[C@@]21C. The van der Waals surface area contributed by atoms with Crippen LogP contribution in [0.1, 0.15) is 71.6 Å². The van der Waals surface area contributed by atoms with Gasteiger partial charge in [0.15, 0.2) is 0 Å². The third-order valence-electron chi connectivity index (χ3n) is 8.12. The molecule has 0 radical (unpaired) electrons. The van der Waals surface area contributed by atoms with Gasteiger partial charge in [0.25, 0.3) is 0 Å². The minimum Gasteiger partial charge on any atom is -0.389 e. The first-order chi connectivity index (χ1) is 10.1. The molecular weight excluding hydrogens is 256 g/mol. The molecule has 0 heterocycles. The average Bonchev–Trinajstić information content (AvgIpc) is 2.83. The molecule has 3 saturated carbocycles. The minimum absolute atomic E-state index is 0.141. The summed E-state index contributed by atoms with van der Waals surface area (Å²) in [5.74, 6) is 4.78. The van der Waals surface area contributed by atoms with Crippen LogP contribution in [0.4, 0.5) is 0 Å². The highest BCUT2D eigenvalue weighted by Gasteiger charge is 2.55. The highest BCUT2D eigenvalue weighted by molar-refractivity contribution is 5.19. The van der Waals surface area contributed by atoms with Crippen molar-refractivity contribution in [2.45, 2.75) is 77.7 Å². The molecule has 0 amide bonds. The number of hydrogen-bond acceptors (Lipinski definition) is 1. The largest absolute Gasteiger partial charge is 0.389 e. The highest BCUT2D eigenvalue weighted by Crippen LogP contribution is 2.64. The van der Waals surface area contributed by atoms with Crippen LogP contribution in [-0.4, -0.2) is 11.2 Å². The molecule has 4 aliphatic carbocycles. The van der Waals surface area contributed by atoms with Gasteiger partial charge in [0.2, 0.25) is 0 Å². The average molecular weight is 288 g/mol. The van der Waals surface area contributed by atoms with Crippen LogP contribution in [0.5, 0.6) is 0 Å². The lowest BCUT2D eigenvalue weighted by Gasteiger charge is -2.54. The molecule has 0 aliphatic heterocycles. The summed E-state index contributed by atoms with van der Waals surface area (Å²) in [5, 5.41) is 9.93. The zero-order valence-corrected chi connectivity index (χ0v) is 13.9. The molecule has 7 atom stereocenters. The quantitative estimate of drug-likeness (QED) is 0.677. The summed E-state index contributed by atoms with van der Waals surface area (Å²) in [7, 11) is 0. The number of allylic oxidation sites excluding steroid dienone is 1. The van der Waals surface area contributed by atoms with Crippen molar-refractivity contribution in [3.63, 3.8) is 0 Å². The summed E-state index contributed by atoms with van der Waals surface area (Å²) in [4.78, 5) is 0. The molecule has 4 aliphatic rings. The van der Waals surface area contributed by atoms with Crippen LogP contribution in [0.25, 0.3) is 0 Å². The predicted octanol–water partition coefficient (Wildman–Crippen LogP) is 4.95. The van der Waals surface area contributed by atoms with Gasteiger partial charge >= 0.3 is 0 Å². The van der Waals surface area contributed by atoms with E-state index in [1.54, 1.807) is 5.57 Å². The van der Waals surface area contributed by atoms with Crippen LogP contribution in [0.2, 0.25) is 0 Å². The van der Waals surface area contributed by atoms with Gasteiger partial charge < -0.3 is 5.11 Å². The highest BCUT2D eigenvalue weighted by atomic mass is 16.3. The summed E-state index contributed by atoms with van der Waals surface area (Å²) < 4.78 is 0. The number of aliphatic hydroxyl groups excluding tert-OH is 1. The maximum Gasteiger partial charge on any atom is 0.0723 e. The molecule has 0 aromatic carbocycles. The molecule has 3 fully saturated rings. The van der Waals surface area contributed by atoms with Gasteiger partial charge in [-0.3, -0.25) is 0 Å². The fourth-order valence-electron chi connectivity index (χ4n) is 7.09. The van der Waals surface area contributed by atoms with Crippen molar-refractivity contribution in [3.8, 4) is 0 Å². The Hall–Kier alpha value is -0.300. The Kier molecular flexibility index (Phi) is 3.48. The summed E-state index contributed by atoms with van der Waals surface area (Å²) >= 11 is 0. The van der Waals surface area contributed by atoms with Gasteiger partial charge in [-0.15, -0.1) is 0 Å². The molecule has 0 aromatic rings. The Labute approximate surface area is 130 Å². The van der Waals surface area contributed by atoms with E-state index < -0.39 is 0 Å². The lowest BCUT2D eigenvalue weighted by Crippen LogP contribution is -2.46. The Morgan fingerprint density at radius 3 is 2.76 bits per heavy atom. The molecule has 118 valence electrons. The second kappa shape index (κ2) is 5.11. The Balaban J connectivity index is 1.60.